The summed E-state index contributed by atoms with van der Waals surface area (Å²) in [4.78, 5) is 11.7. The normalized spacial score (nSPS) is 22.2. The van der Waals surface area contributed by atoms with Gasteiger partial charge in [-0.1, -0.05) is 49.3 Å². The molecular formula is C25H42O4. The Labute approximate surface area is 177 Å². The van der Waals surface area contributed by atoms with Crippen molar-refractivity contribution >= 4 is 5.97 Å². The average molecular weight is 407 g/mol. The number of aliphatic hydroxyl groups excluding tert-OH is 2. The van der Waals surface area contributed by atoms with Crippen LogP contribution in [-0.4, -0.2) is 35.5 Å². The lowest BCUT2D eigenvalue weighted by molar-refractivity contribution is -0.153. The largest absolute Gasteiger partial charge is 0.465 e. The van der Waals surface area contributed by atoms with Gasteiger partial charge in [-0.3, -0.25) is 4.79 Å². The van der Waals surface area contributed by atoms with Crippen LogP contribution in [-0.2, 0) is 9.53 Å². The Morgan fingerprint density at radius 1 is 0.966 bits per heavy atom. The number of carbonyl (C=O) groups is 1. The van der Waals surface area contributed by atoms with Crippen LogP contribution in [0.3, 0.4) is 0 Å². The second-order valence-corrected chi connectivity index (χ2v) is 9.06. The van der Waals surface area contributed by atoms with Gasteiger partial charge in [0.1, 0.15) is 0 Å². The van der Waals surface area contributed by atoms with E-state index >= 15 is 0 Å². The number of ether oxygens (including phenoxy) is 1. The Morgan fingerprint density at radius 2 is 1.66 bits per heavy atom. The smallest absolute Gasteiger partial charge is 0.311 e. The topological polar surface area (TPSA) is 66.8 Å². The van der Waals surface area contributed by atoms with Crippen molar-refractivity contribution in [2.75, 3.05) is 13.2 Å². The minimum absolute atomic E-state index is 0.139. The number of hydrogen-bond donors (Lipinski definition) is 2. The molecule has 0 bridgehead atoms. The van der Waals surface area contributed by atoms with Crippen LogP contribution in [0, 0.1) is 17.3 Å². The molecule has 0 aromatic heterocycles. The third kappa shape index (κ3) is 11.4. The number of rotatable bonds is 14. The molecule has 2 N–H and O–H groups in total. The number of hydrogen-bond acceptors (Lipinski definition) is 4. The standard InChI is InChI=1S/C25H42O4/c1-25(2,3)24(28)29-20-14-10-6-8-12-16-22-21(17-18-23(22)27)15-11-7-4-5-9-13-19-26/h8,11-12,15,17-18,21-23,26-27H,4-7,9-10,13-14,16,19-20H2,1-3H3/t21-,22-,23-/m0/s1. The minimum Gasteiger partial charge on any atom is -0.465 e. The maximum absolute atomic E-state index is 11.7. The third-order valence-electron chi connectivity index (χ3n) is 5.29. The molecule has 1 rings (SSSR count). The van der Waals surface area contributed by atoms with Crippen molar-refractivity contribution in [3.05, 3.63) is 36.5 Å². The van der Waals surface area contributed by atoms with E-state index in [4.69, 9.17) is 9.84 Å². The van der Waals surface area contributed by atoms with Gasteiger partial charge in [-0.2, -0.15) is 0 Å². The Bertz CT molecular complexity index is 527. The van der Waals surface area contributed by atoms with Crippen molar-refractivity contribution < 1.29 is 19.7 Å². The maximum Gasteiger partial charge on any atom is 0.311 e. The number of allylic oxidation sites excluding steroid dienone is 5. The van der Waals surface area contributed by atoms with Gasteiger partial charge >= 0.3 is 5.97 Å². The van der Waals surface area contributed by atoms with Crippen LogP contribution in [0.15, 0.2) is 36.5 Å². The highest BCUT2D eigenvalue weighted by atomic mass is 16.5. The Hall–Kier alpha value is -1.39. The highest BCUT2D eigenvalue weighted by molar-refractivity contribution is 5.75. The first kappa shape index (κ1) is 25.6. The zero-order valence-electron chi connectivity index (χ0n) is 18.7. The summed E-state index contributed by atoms with van der Waals surface area (Å²) in [6.07, 6.45) is 21.6. The molecule has 1 aliphatic carbocycles. The second kappa shape index (κ2) is 14.6. The summed E-state index contributed by atoms with van der Waals surface area (Å²) >= 11 is 0. The molecule has 4 heteroatoms. The van der Waals surface area contributed by atoms with Crippen molar-refractivity contribution in [2.45, 2.75) is 84.7 Å². The van der Waals surface area contributed by atoms with Crippen LogP contribution < -0.4 is 0 Å². The van der Waals surface area contributed by atoms with Crippen LogP contribution in [0.1, 0.15) is 78.6 Å². The van der Waals surface area contributed by atoms with E-state index in [0.717, 1.165) is 57.8 Å². The predicted octanol–water partition coefficient (Wildman–Crippen LogP) is 5.35. The summed E-state index contributed by atoms with van der Waals surface area (Å²) in [6, 6.07) is 0. The molecule has 166 valence electrons. The summed E-state index contributed by atoms with van der Waals surface area (Å²) < 4.78 is 5.27. The van der Waals surface area contributed by atoms with Gasteiger partial charge in [0.2, 0.25) is 0 Å². The molecule has 1 aliphatic rings. The van der Waals surface area contributed by atoms with Crippen LogP contribution in [0.4, 0.5) is 0 Å². The fourth-order valence-electron chi connectivity index (χ4n) is 3.36. The van der Waals surface area contributed by atoms with E-state index in [1.54, 1.807) is 0 Å². The second-order valence-electron chi connectivity index (χ2n) is 9.06. The van der Waals surface area contributed by atoms with E-state index in [1.165, 1.54) is 0 Å². The summed E-state index contributed by atoms with van der Waals surface area (Å²) in [5.74, 6) is 0.397. The number of carbonyl (C=O) groups excluding carboxylic acids is 1. The molecule has 0 aliphatic heterocycles. The van der Waals surface area contributed by atoms with Crippen LogP contribution in [0.2, 0.25) is 0 Å². The van der Waals surface area contributed by atoms with Crippen LogP contribution >= 0.6 is 0 Å². The predicted molar refractivity (Wildman–Crippen MR) is 119 cm³/mol. The van der Waals surface area contributed by atoms with Crippen molar-refractivity contribution in [3.8, 4) is 0 Å². The van der Waals surface area contributed by atoms with E-state index < -0.39 is 5.41 Å². The Morgan fingerprint density at radius 3 is 2.38 bits per heavy atom. The van der Waals surface area contributed by atoms with Crippen LogP contribution in [0.5, 0.6) is 0 Å². The minimum atomic E-state index is -0.430. The van der Waals surface area contributed by atoms with E-state index in [1.807, 2.05) is 26.8 Å². The number of aliphatic hydroxyl groups is 2. The molecule has 4 nitrogen and oxygen atoms in total. The quantitative estimate of drug-likeness (QED) is 0.232. The highest BCUT2D eigenvalue weighted by Gasteiger charge is 2.27. The van der Waals surface area contributed by atoms with Gasteiger partial charge in [-0.25, -0.2) is 0 Å². The van der Waals surface area contributed by atoms with Crippen molar-refractivity contribution in [1.82, 2.24) is 0 Å². The van der Waals surface area contributed by atoms with E-state index in [2.05, 4.69) is 30.4 Å². The van der Waals surface area contributed by atoms with Crippen molar-refractivity contribution in [2.24, 2.45) is 17.3 Å². The molecule has 0 aromatic rings. The number of esters is 1. The van der Waals surface area contributed by atoms with Gasteiger partial charge in [0.25, 0.3) is 0 Å². The fraction of sp³-hybridized carbons (Fsp3) is 0.720. The molecule has 29 heavy (non-hydrogen) atoms. The van der Waals surface area contributed by atoms with Gasteiger partial charge < -0.3 is 14.9 Å². The monoisotopic (exact) mass is 406 g/mol. The molecule has 0 saturated carbocycles. The van der Waals surface area contributed by atoms with Gasteiger partial charge in [-0.05, 0) is 65.7 Å². The first-order valence-electron chi connectivity index (χ1n) is 11.3. The molecular weight excluding hydrogens is 364 g/mol. The summed E-state index contributed by atoms with van der Waals surface area (Å²) in [6.45, 7) is 6.38. The molecule has 0 aromatic carbocycles. The molecule has 0 saturated heterocycles. The summed E-state index contributed by atoms with van der Waals surface area (Å²) in [7, 11) is 0. The maximum atomic E-state index is 11.7. The fourth-order valence-corrected chi connectivity index (χ4v) is 3.36. The first-order chi connectivity index (χ1) is 13.9. The van der Waals surface area contributed by atoms with E-state index in [0.29, 0.717) is 19.1 Å². The Balaban J connectivity index is 2.18. The van der Waals surface area contributed by atoms with Gasteiger partial charge in [0, 0.05) is 18.4 Å². The van der Waals surface area contributed by atoms with Gasteiger partial charge in [0.05, 0.1) is 18.1 Å². The zero-order valence-corrected chi connectivity index (χ0v) is 18.7. The molecule has 0 heterocycles. The molecule has 0 fully saturated rings. The number of unbranched alkanes of at least 4 members (excludes halogenated alkanes) is 6. The lowest BCUT2D eigenvalue weighted by Crippen LogP contribution is -2.23. The molecule has 0 amide bonds. The summed E-state index contributed by atoms with van der Waals surface area (Å²) in [5, 5.41) is 19.0. The Kier molecular flexibility index (Phi) is 12.9. The van der Waals surface area contributed by atoms with E-state index in [-0.39, 0.29) is 18.0 Å². The van der Waals surface area contributed by atoms with Crippen LogP contribution in [0.25, 0.3) is 0 Å². The lowest BCUT2D eigenvalue weighted by Gasteiger charge is -2.18. The van der Waals surface area contributed by atoms with Gasteiger partial charge in [-0.15, -0.1) is 0 Å². The van der Waals surface area contributed by atoms with Crippen molar-refractivity contribution in [1.29, 1.82) is 0 Å². The average Bonchev–Trinajstić information content (AvgIpc) is 3.02. The molecule has 3 atom stereocenters. The van der Waals surface area contributed by atoms with Crippen molar-refractivity contribution in [3.63, 3.8) is 0 Å². The summed E-state index contributed by atoms with van der Waals surface area (Å²) in [5.41, 5.74) is -0.430. The van der Waals surface area contributed by atoms with Gasteiger partial charge in [0.15, 0.2) is 0 Å². The van der Waals surface area contributed by atoms with E-state index in [9.17, 15) is 9.90 Å². The molecule has 0 radical (unpaired) electrons. The third-order valence-corrected chi connectivity index (χ3v) is 5.29. The lowest BCUT2D eigenvalue weighted by atomic mass is 9.90. The SMILES string of the molecule is CC(C)(C)C(=O)OCCCCC=CC[C@H]1[C@@H](C=CCCCCCCO)C=C[C@@H]1O. The zero-order chi connectivity index (χ0) is 21.5. The molecule has 0 spiro atoms. The highest BCUT2D eigenvalue weighted by Crippen LogP contribution is 2.30. The molecule has 0 unspecified atom stereocenters. The first-order valence-corrected chi connectivity index (χ1v) is 11.3.